The summed E-state index contributed by atoms with van der Waals surface area (Å²) in [4.78, 5) is 52.0. The second-order valence-electron chi connectivity index (χ2n) is 13.5. The number of urea groups is 1. The van der Waals surface area contributed by atoms with Crippen molar-refractivity contribution in [1.29, 1.82) is 0 Å². The van der Waals surface area contributed by atoms with E-state index in [0.29, 0.717) is 43.7 Å². The minimum atomic E-state index is -0.918. The van der Waals surface area contributed by atoms with E-state index in [9.17, 15) is 14.4 Å². The molecular weight excluding hydrogens is 681 g/mol. The second kappa shape index (κ2) is 18.6. The molecule has 270 valence electrons. The van der Waals surface area contributed by atoms with Gasteiger partial charge in [0.15, 0.2) is 0 Å². The minimum Gasteiger partial charge on any atom is -0.444 e. The van der Waals surface area contributed by atoms with Crippen LogP contribution >= 0.6 is 22.7 Å². The first-order valence-corrected chi connectivity index (χ1v) is 19.3. The number of rotatable bonds is 18. The molecule has 4 aromatic rings. The van der Waals surface area contributed by atoms with Gasteiger partial charge >= 0.3 is 12.1 Å². The molecule has 1 saturated carbocycles. The van der Waals surface area contributed by atoms with Crippen molar-refractivity contribution in [3.8, 4) is 0 Å². The molecule has 3 N–H and O–H groups in total. The molecule has 0 saturated heterocycles. The number of hydrogen-bond acceptors (Lipinski definition) is 8. The highest BCUT2D eigenvalue weighted by Gasteiger charge is 2.35. The van der Waals surface area contributed by atoms with Crippen molar-refractivity contribution in [3.05, 3.63) is 117 Å². The standard InChI is InChI=1S/C39H48N6O4S2/c1-26(2)35(44-38(47)45(33-17-18-33)22-32-24-50-37(42-32)27(3)4)36(46)41-30(19-28-11-7-5-8-12-28)15-16-31(20-29-13-9-6-10-14-29)43-39(48)49-23-34-21-40-25-51-34/h5-14,21,24-25,27,30-31,33,35H,1,15-20,22-23H2,2-4H3,(H,41,46)(H,43,48)(H,44,47)/t30-,31-,35+/m1/s1. The first kappa shape index (κ1) is 37.7. The normalized spacial score (nSPS) is 14.3. The number of carbonyl (C=O) groups is 3. The van der Waals surface area contributed by atoms with Crippen molar-refractivity contribution in [3.63, 3.8) is 0 Å². The van der Waals surface area contributed by atoms with Gasteiger partial charge in [0.1, 0.15) is 12.6 Å². The van der Waals surface area contributed by atoms with Crippen LogP contribution in [0.15, 0.2) is 89.9 Å². The Bertz CT molecular complexity index is 1710. The molecule has 10 nitrogen and oxygen atoms in total. The molecule has 5 rings (SSSR count). The van der Waals surface area contributed by atoms with Gasteiger partial charge in [-0.05, 0) is 62.1 Å². The summed E-state index contributed by atoms with van der Waals surface area (Å²) in [6.07, 6.45) is 5.35. The zero-order chi connectivity index (χ0) is 36.2. The summed E-state index contributed by atoms with van der Waals surface area (Å²) in [6.45, 7) is 10.6. The van der Waals surface area contributed by atoms with Crippen LogP contribution in [0.2, 0.25) is 0 Å². The summed E-state index contributed by atoms with van der Waals surface area (Å²) in [5, 5.41) is 12.3. The van der Waals surface area contributed by atoms with Crippen LogP contribution in [-0.2, 0) is 35.5 Å². The number of benzene rings is 2. The summed E-state index contributed by atoms with van der Waals surface area (Å²) in [5.74, 6) is -0.000474. The van der Waals surface area contributed by atoms with E-state index in [1.807, 2.05) is 66.0 Å². The van der Waals surface area contributed by atoms with Crippen molar-refractivity contribution in [2.75, 3.05) is 0 Å². The predicted octanol–water partition coefficient (Wildman–Crippen LogP) is 7.39. The number of alkyl carbamates (subject to hydrolysis) is 1. The van der Waals surface area contributed by atoms with Gasteiger partial charge in [-0.3, -0.25) is 9.78 Å². The fourth-order valence-corrected chi connectivity index (χ4v) is 7.13. The lowest BCUT2D eigenvalue weighted by Crippen LogP contribution is -2.54. The van der Waals surface area contributed by atoms with Gasteiger partial charge in [-0.1, -0.05) is 81.1 Å². The molecule has 0 spiro atoms. The van der Waals surface area contributed by atoms with E-state index in [1.54, 1.807) is 34.9 Å². The Labute approximate surface area is 308 Å². The zero-order valence-corrected chi connectivity index (χ0v) is 31.2. The number of nitrogens with zero attached hydrogens (tertiary/aromatic N) is 3. The van der Waals surface area contributed by atoms with Crippen molar-refractivity contribution in [2.24, 2.45) is 0 Å². The Morgan fingerprint density at radius 1 is 0.922 bits per heavy atom. The van der Waals surface area contributed by atoms with Gasteiger partial charge < -0.3 is 25.6 Å². The zero-order valence-electron chi connectivity index (χ0n) is 29.5. The van der Waals surface area contributed by atoms with Crippen molar-refractivity contribution >= 4 is 40.7 Å². The van der Waals surface area contributed by atoms with Crippen LogP contribution in [-0.4, -0.2) is 57.1 Å². The van der Waals surface area contributed by atoms with Crippen LogP contribution in [0.25, 0.3) is 0 Å². The fraction of sp³-hybridized carbons (Fsp3) is 0.410. The van der Waals surface area contributed by atoms with Crippen molar-refractivity contribution < 1.29 is 19.1 Å². The van der Waals surface area contributed by atoms with Crippen LogP contribution in [0.5, 0.6) is 0 Å². The van der Waals surface area contributed by atoms with Gasteiger partial charge in [-0.15, -0.1) is 22.7 Å². The maximum Gasteiger partial charge on any atom is 0.407 e. The van der Waals surface area contributed by atoms with Crippen LogP contribution in [0.1, 0.15) is 79.1 Å². The third-order valence-electron chi connectivity index (χ3n) is 8.68. The van der Waals surface area contributed by atoms with Crippen molar-refractivity contribution in [2.45, 2.75) is 103 Å². The molecule has 2 aromatic carbocycles. The first-order chi connectivity index (χ1) is 24.6. The fourth-order valence-electron chi connectivity index (χ4n) is 5.80. The largest absolute Gasteiger partial charge is 0.444 e. The summed E-state index contributed by atoms with van der Waals surface area (Å²) < 4.78 is 5.50. The van der Waals surface area contributed by atoms with Gasteiger partial charge in [0.25, 0.3) is 0 Å². The number of carbonyl (C=O) groups excluding carboxylic acids is 3. The van der Waals surface area contributed by atoms with Crippen molar-refractivity contribution in [1.82, 2.24) is 30.8 Å². The molecule has 0 radical (unpaired) electrons. The quantitative estimate of drug-likeness (QED) is 0.0919. The van der Waals surface area contributed by atoms with E-state index in [0.717, 1.165) is 39.5 Å². The molecular formula is C39H48N6O4S2. The lowest BCUT2D eigenvalue weighted by molar-refractivity contribution is -0.122. The smallest absolute Gasteiger partial charge is 0.407 e. The number of thiazole rings is 2. The molecule has 2 heterocycles. The highest BCUT2D eigenvalue weighted by atomic mass is 32.1. The molecule has 0 bridgehead atoms. The summed E-state index contributed by atoms with van der Waals surface area (Å²) in [5.41, 5.74) is 5.25. The molecule has 0 aliphatic heterocycles. The second-order valence-corrected chi connectivity index (χ2v) is 15.3. The van der Waals surface area contributed by atoms with Gasteiger partial charge in [-0.2, -0.15) is 0 Å². The summed E-state index contributed by atoms with van der Waals surface area (Å²) >= 11 is 3.04. The van der Waals surface area contributed by atoms with E-state index < -0.39 is 12.1 Å². The Hall–Kier alpha value is -4.55. The number of nitrogens with one attached hydrogen (secondary N) is 3. The van der Waals surface area contributed by atoms with Crippen LogP contribution in [0.4, 0.5) is 9.59 Å². The average Bonchev–Trinajstić information content (AvgIpc) is 3.59. The average molecular weight is 729 g/mol. The lowest BCUT2D eigenvalue weighted by Gasteiger charge is -2.28. The Kier molecular flexibility index (Phi) is 13.8. The molecule has 0 unspecified atom stereocenters. The Balaban J connectivity index is 1.26. The number of ether oxygens (including phenoxy) is 1. The number of aromatic nitrogens is 2. The maximum atomic E-state index is 14.0. The van der Waals surface area contributed by atoms with Crippen LogP contribution in [0, 0.1) is 0 Å². The highest BCUT2D eigenvalue weighted by Crippen LogP contribution is 2.29. The Morgan fingerprint density at radius 2 is 1.55 bits per heavy atom. The van der Waals surface area contributed by atoms with Gasteiger partial charge in [-0.25, -0.2) is 14.6 Å². The Morgan fingerprint density at radius 3 is 2.08 bits per heavy atom. The topological polar surface area (TPSA) is 126 Å². The lowest BCUT2D eigenvalue weighted by atomic mass is 9.95. The number of hydrogen-bond donors (Lipinski definition) is 3. The predicted molar refractivity (Wildman–Crippen MR) is 203 cm³/mol. The van der Waals surface area contributed by atoms with E-state index in [4.69, 9.17) is 9.72 Å². The van der Waals surface area contributed by atoms with E-state index in [1.165, 1.54) is 11.3 Å². The van der Waals surface area contributed by atoms with Gasteiger partial charge in [0.05, 0.1) is 27.6 Å². The van der Waals surface area contributed by atoms with Crippen LogP contribution in [0.3, 0.4) is 0 Å². The van der Waals surface area contributed by atoms with E-state index in [2.05, 4.69) is 41.4 Å². The number of amides is 4. The highest BCUT2D eigenvalue weighted by molar-refractivity contribution is 7.09. The summed E-state index contributed by atoms with van der Waals surface area (Å²) in [7, 11) is 0. The molecule has 4 amide bonds. The molecule has 51 heavy (non-hydrogen) atoms. The third-order valence-corrected chi connectivity index (χ3v) is 10.6. The molecule has 1 aliphatic rings. The van der Waals surface area contributed by atoms with E-state index >= 15 is 0 Å². The third kappa shape index (κ3) is 12.0. The summed E-state index contributed by atoms with van der Waals surface area (Å²) in [6, 6.07) is 18.3. The molecule has 2 aromatic heterocycles. The molecule has 12 heteroatoms. The molecule has 3 atom stereocenters. The maximum absolute atomic E-state index is 14.0. The van der Waals surface area contributed by atoms with Crippen LogP contribution < -0.4 is 16.0 Å². The molecule has 1 fully saturated rings. The molecule has 1 aliphatic carbocycles. The van der Waals surface area contributed by atoms with E-state index in [-0.39, 0.29) is 36.7 Å². The minimum absolute atomic E-state index is 0.122. The van der Waals surface area contributed by atoms with Gasteiger partial charge in [0.2, 0.25) is 5.91 Å². The monoisotopic (exact) mass is 728 g/mol. The first-order valence-electron chi connectivity index (χ1n) is 17.5. The SMILES string of the molecule is C=C(C)[C@H](NC(=O)N(Cc1csc(C(C)C)n1)C1CC1)C(=O)N[C@H](CC[C@H](Cc1ccccc1)NC(=O)OCc1cncs1)Cc1ccccc1. The van der Waals surface area contributed by atoms with Gasteiger partial charge in [0, 0.05) is 35.6 Å².